The van der Waals surface area contributed by atoms with Crippen LogP contribution in [0.4, 0.5) is 10.8 Å². The van der Waals surface area contributed by atoms with Crippen molar-refractivity contribution in [1.29, 1.82) is 0 Å². The van der Waals surface area contributed by atoms with Crippen molar-refractivity contribution in [1.82, 2.24) is 24.7 Å². The van der Waals surface area contributed by atoms with E-state index in [-0.39, 0.29) is 21.5 Å². The molecule has 4 heterocycles. The lowest BCUT2D eigenvalue weighted by Gasteiger charge is -2.10. The highest BCUT2D eigenvalue weighted by molar-refractivity contribution is 7.17. The van der Waals surface area contributed by atoms with Gasteiger partial charge in [0.05, 0.1) is 33.7 Å². The molecule has 0 unspecified atom stereocenters. The van der Waals surface area contributed by atoms with E-state index in [9.17, 15) is 14.9 Å². The van der Waals surface area contributed by atoms with Crippen LogP contribution in [0.15, 0.2) is 60.9 Å². The minimum absolute atomic E-state index is 0.142. The first kappa shape index (κ1) is 26.2. The summed E-state index contributed by atoms with van der Waals surface area (Å²) in [7, 11) is 0. The van der Waals surface area contributed by atoms with Gasteiger partial charge in [-0.3, -0.25) is 14.9 Å². The van der Waals surface area contributed by atoms with E-state index in [1.54, 1.807) is 41.2 Å². The average molecular weight is 566 g/mol. The van der Waals surface area contributed by atoms with Crippen molar-refractivity contribution in [2.45, 2.75) is 6.92 Å². The van der Waals surface area contributed by atoms with Crippen molar-refractivity contribution >= 4 is 50.7 Å². The number of anilines is 1. The number of halogens is 1. The predicted octanol–water partition coefficient (Wildman–Crippen LogP) is 5.17. The van der Waals surface area contributed by atoms with Gasteiger partial charge in [0.25, 0.3) is 5.91 Å². The monoisotopic (exact) mass is 565 g/mol. The largest absolute Gasteiger partial charge is 0.475 e. The molecule has 0 atom stereocenters. The summed E-state index contributed by atoms with van der Waals surface area (Å²) < 4.78 is 12.4. The topological polar surface area (TPSA) is 147 Å². The van der Waals surface area contributed by atoms with Crippen molar-refractivity contribution in [3.05, 3.63) is 80.9 Å². The number of thiophene rings is 1. The molecule has 0 saturated carbocycles. The molecule has 0 aliphatic carbocycles. The van der Waals surface area contributed by atoms with Crippen LogP contribution >= 0.6 is 22.9 Å². The molecule has 4 aromatic heterocycles. The normalized spacial score (nSPS) is 11.0. The van der Waals surface area contributed by atoms with Gasteiger partial charge in [0.1, 0.15) is 12.4 Å². The second-order valence-electron chi connectivity index (χ2n) is 7.95. The third-order valence-electron chi connectivity index (χ3n) is 5.38. The molecule has 1 N–H and O–H groups in total. The van der Waals surface area contributed by atoms with Gasteiger partial charge >= 0.3 is 5.00 Å². The van der Waals surface area contributed by atoms with Crippen molar-refractivity contribution < 1.29 is 19.2 Å². The van der Waals surface area contributed by atoms with Crippen LogP contribution in [-0.4, -0.2) is 55.4 Å². The number of hydrogen-bond donors (Lipinski definition) is 1. The second-order valence-corrected chi connectivity index (χ2v) is 9.45. The van der Waals surface area contributed by atoms with Gasteiger partial charge in [0.15, 0.2) is 11.5 Å². The number of rotatable bonds is 10. The third-order valence-corrected chi connectivity index (χ3v) is 6.66. The Morgan fingerprint density at radius 3 is 2.74 bits per heavy atom. The number of ether oxygens (including phenoxy) is 2. The Balaban J connectivity index is 1.53. The zero-order valence-electron chi connectivity index (χ0n) is 20.4. The van der Waals surface area contributed by atoms with E-state index in [4.69, 9.17) is 26.1 Å². The molecule has 39 heavy (non-hydrogen) atoms. The van der Waals surface area contributed by atoms with Crippen LogP contribution < -0.4 is 10.1 Å². The first-order valence-corrected chi connectivity index (χ1v) is 12.9. The highest BCUT2D eigenvalue weighted by Gasteiger charge is 2.20. The molecule has 0 spiro atoms. The Morgan fingerprint density at radius 2 is 2.03 bits per heavy atom. The molecular formula is C25H20ClN7O5S. The maximum atomic E-state index is 13.0. The second kappa shape index (κ2) is 11.5. The molecule has 14 heteroatoms. The number of nitrogens with one attached hydrogen (secondary N) is 1. The average Bonchev–Trinajstić information content (AvgIpc) is 3.60. The zero-order valence-corrected chi connectivity index (χ0v) is 22.0. The van der Waals surface area contributed by atoms with Crippen molar-refractivity contribution in [2.75, 3.05) is 25.1 Å². The van der Waals surface area contributed by atoms with Crippen LogP contribution in [0.3, 0.4) is 0 Å². The molecule has 1 amide bonds. The van der Waals surface area contributed by atoms with E-state index in [0.717, 1.165) is 11.3 Å². The molecule has 198 valence electrons. The van der Waals surface area contributed by atoms with Crippen LogP contribution in [-0.2, 0) is 4.74 Å². The van der Waals surface area contributed by atoms with E-state index in [2.05, 4.69) is 20.4 Å². The number of carbonyl (C=O) groups is 1. The van der Waals surface area contributed by atoms with Crippen molar-refractivity contribution in [3.63, 3.8) is 0 Å². The fraction of sp³-hybridized carbons (Fsp3) is 0.160. The Hall–Kier alpha value is -4.46. The van der Waals surface area contributed by atoms with Gasteiger partial charge in [-0.15, -0.1) is 0 Å². The number of hydrogen-bond acceptors (Lipinski definition) is 10. The summed E-state index contributed by atoms with van der Waals surface area (Å²) in [6, 6.07) is 13.2. The van der Waals surface area contributed by atoms with E-state index >= 15 is 0 Å². The number of benzene rings is 1. The minimum Gasteiger partial charge on any atom is -0.475 e. The summed E-state index contributed by atoms with van der Waals surface area (Å²) in [5.41, 5.74) is 1.63. The summed E-state index contributed by atoms with van der Waals surface area (Å²) in [6.45, 7) is 3.31. The van der Waals surface area contributed by atoms with Gasteiger partial charge in [0.2, 0.25) is 5.88 Å². The molecule has 1 aromatic carbocycles. The Bertz CT molecular complexity index is 1650. The van der Waals surface area contributed by atoms with Crippen LogP contribution in [0, 0.1) is 10.1 Å². The Kier molecular flexibility index (Phi) is 7.72. The number of pyridine rings is 1. The predicted molar refractivity (Wildman–Crippen MR) is 146 cm³/mol. The van der Waals surface area contributed by atoms with Crippen LogP contribution in [0.5, 0.6) is 5.88 Å². The number of nitro groups is 1. The quantitative estimate of drug-likeness (QED) is 0.137. The number of aromatic nitrogens is 5. The molecule has 0 aliphatic rings. The van der Waals surface area contributed by atoms with Crippen molar-refractivity contribution in [2.24, 2.45) is 0 Å². The van der Waals surface area contributed by atoms with Gasteiger partial charge < -0.3 is 14.8 Å². The minimum atomic E-state index is -0.550. The smallest absolute Gasteiger partial charge is 0.324 e. The first-order valence-electron chi connectivity index (χ1n) is 11.7. The Morgan fingerprint density at radius 1 is 1.15 bits per heavy atom. The van der Waals surface area contributed by atoms with Crippen molar-refractivity contribution in [3.8, 4) is 23.0 Å². The van der Waals surface area contributed by atoms with Crippen LogP contribution in [0.1, 0.15) is 16.6 Å². The molecule has 5 rings (SSSR count). The molecular weight excluding hydrogens is 546 g/mol. The van der Waals surface area contributed by atoms with Crippen LogP contribution in [0.2, 0.25) is 5.02 Å². The lowest BCUT2D eigenvalue weighted by atomic mass is 10.2. The Labute approximate surface area is 230 Å². The summed E-state index contributed by atoms with van der Waals surface area (Å²) in [6.07, 6.45) is 3.09. The standard InChI is InChI=1S/C25H20ClN7O5S/c1-2-37-10-11-38-20-8-6-15(13-27-20)22-29-23(31-25(34)19-7-9-21(39-19)33(35)36)18-14-28-32(24(18)30-22)17-5-3-4-16(26)12-17/h3-9,12-14H,2,10-11H2,1H3,(H,29,30,31,34). The van der Waals surface area contributed by atoms with E-state index in [1.165, 1.54) is 18.3 Å². The van der Waals surface area contributed by atoms with Gasteiger partial charge in [-0.25, -0.2) is 19.6 Å². The maximum Gasteiger partial charge on any atom is 0.324 e. The lowest BCUT2D eigenvalue weighted by molar-refractivity contribution is -0.380. The molecule has 0 bridgehead atoms. The van der Waals surface area contributed by atoms with Gasteiger partial charge in [0, 0.05) is 35.5 Å². The summed E-state index contributed by atoms with van der Waals surface area (Å²) in [5.74, 6) is 0.315. The molecule has 0 aliphatic heterocycles. The van der Waals surface area contributed by atoms with E-state index in [0.29, 0.717) is 53.0 Å². The highest BCUT2D eigenvalue weighted by Crippen LogP contribution is 2.29. The van der Waals surface area contributed by atoms with Gasteiger partial charge in [-0.2, -0.15) is 5.10 Å². The van der Waals surface area contributed by atoms with E-state index in [1.807, 2.05) is 13.0 Å². The fourth-order valence-electron chi connectivity index (χ4n) is 3.59. The maximum absolute atomic E-state index is 13.0. The first-order chi connectivity index (χ1) is 18.9. The number of carbonyl (C=O) groups excluding carboxylic acids is 1. The fourth-order valence-corrected chi connectivity index (χ4v) is 4.49. The molecule has 0 radical (unpaired) electrons. The summed E-state index contributed by atoms with van der Waals surface area (Å²) in [4.78, 5) is 37.3. The van der Waals surface area contributed by atoms with E-state index < -0.39 is 10.8 Å². The van der Waals surface area contributed by atoms with Crippen LogP contribution in [0.25, 0.3) is 28.1 Å². The lowest BCUT2D eigenvalue weighted by Crippen LogP contribution is -2.13. The molecule has 5 aromatic rings. The summed E-state index contributed by atoms with van der Waals surface area (Å²) >= 11 is 6.96. The molecule has 0 saturated heterocycles. The number of fused-ring (bicyclic) bond motifs is 1. The molecule has 12 nitrogen and oxygen atoms in total. The number of amides is 1. The van der Waals surface area contributed by atoms with Gasteiger partial charge in [-0.1, -0.05) is 29.0 Å². The number of nitrogens with zero attached hydrogens (tertiary/aromatic N) is 6. The van der Waals surface area contributed by atoms with Gasteiger partial charge in [-0.05, 0) is 37.3 Å². The zero-order chi connectivity index (χ0) is 27.4. The third kappa shape index (κ3) is 5.85. The molecule has 0 fully saturated rings. The highest BCUT2D eigenvalue weighted by atomic mass is 35.5. The summed E-state index contributed by atoms with van der Waals surface area (Å²) in [5, 5.41) is 19.1. The SMILES string of the molecule is CCOCCOc1ccc(-c2nc(NC(=O)c3ccc([N+](=O)[O-])s3)c3cnn(-c4cccc(Cl)c4)c3n2)cn1.